The average molecular weight is 508 g/mol. The van der Waals surface area contributed by atoms with Crippen LogP contribution in [-0.2, 0) is 9.53 Å². The van der Waals surface area contributed by atoms with Gasteiger partial charge in [0.2, 0.25) is 0 Å². The van der Waals surface area contributed by atoms with E-state index in [1.807, 2.05) is 19.1 Å². The summed E-state index contributed by atoms with van der Waals surface area (Å²) in [5.41, 5.74) is 3.67. The van der Waals surface area contributed by atoms with E-state index in [9.17, 15) is 14.3 Å². The molecule has 2 N–H and O–H groups in total. The highest BCUT2D eigenvalue weighted by atomic mass is 19.1. The first-order valence-electron chi connectivity index (χ1n) is 13.1. The van der Waals surface area contributed by atoms with Crippen molar-refractivity contribution >= 4 is 27.8 Å². The van der Waals surface area contributed by atoms with Crippen LogP contribution in [0.3, 0.4) is 0 Å². The van der Waals surface area contributed by atoms with Crippen molar-refractivity contribution in [1.82, 2.24) is 14.8 Å². The second-order valence-corrected chi connectivity index (χ2v) is 11.0. The lowest BCUT2D eigenvalue weighted by Gasteiger charge is -2.35. The largest absolute Gasteiger partial charge is 0.481 e. The number of hydrogen-bond donors (Lipinski definition) is 2. The van der Waals surface area contributed by atoms with E-state index >= 15 is 4.39 Å². The summed E-state index contributed by atoms with van der Waals surface area (Å²) in [5.74, 6) is -1.23. The molecule has 4 aromatic rings. The number of H-pyrrole nitrogens is 1. The molecule has 1 saturated carbocycles. The molecule has 37 heavy (non-hydrogen) atoms. The van der Waals surface area contributed by atoms with Crippen LogP contribution in [0.15, 0.2) is 30.5 Å². The lowest BCUT2D eigenvalue weighted by atomic mass is 9.69. The SMILES string of the molecule is Cc1cc(-n2c(C3CCOCC3)c([C@H]3CC[C@](C)(C(=O)O)CC3)c3c(F)c4[nH]ncc4cc32)ccc1F. The van der Waals surface area contributed by atoms with Crippen LogP contribution in [0.2, 0.25) is 0 Å². The van der Waals surface area contributed by atoms with Crippen LogP contribution >= 0.6 is 0 Å². The number of carboxylic acids is 1. The first kappa shape index (κ1) is 24.1. The Bertz CT molecular complexity index is 1510. The summed E-state index contributed by atoms with van der Waals surface area (Å²) in [7, 11) is 0. The Labute approximate surface area is 213 Å². The Balaban J connectivity index is 1.65. The predicted molar refractivity (Wildman–Crippen MR) is 137 cm³/mol. The molecular formula is C29H31F2N3O3. The number of hydrogen-bond acceptors (Lipinski definition) is 3. The van der Waals surface area contributed by atoms with Crippen molar-refractivity contribution in [2.45, 2.75) is 64.2 Å². The summed E-state index contributed by atoms with van der Waals surface area (Å²) in [6, 6.07) is 7.01. The maximum absolute atomic E-state index is 16.4. The third-order valence-corrected chi connectivity index (χ3v) is 8.70. The highest BCUT2D eigenvalue weighted by Crippen LogP contribution is 2.50. The maximum Gasteiger partial charge on any atom is 0.309 e. The molecule has 0 unspecified atom stereocenters. The Morgan fingerprint density at radius 2 is 1.86 bits per heavy atom. The van der Waals surface area contributed by atoms with E-state index in [0.29, 0.717) is 60.7 Å². The van der Waals surface area contributed by atoms with Crippen molar-refractivity contribution in [2.24, 2.45) is 5.41 Å². The monoisotopic (exact) mass is 507 g/mol. The van der Waals surface area contributed by atoms with Gasteiger partial charge >= 0.3 is 5.97 Å². The van der Waals surface area contributed by atoms with E-state index in [4.69, 9.17) is 4.74 Å². The average Bonchev–Trinajstić information content (AvgIpc) is 3.50. The van der Waals surface area contributed by atoms with Crippen molar-refractivity contribution in [3.8, 4) is 5.69 Å². The molecule has 1 aliphatic heterocycles. The molecule has 1 aliphatic carbocycles. The van der Waals surface area contributed by atoms with Gasteiger partial charge in [-0.15, -0.1) is 0 Å². The van der Waals surface area contributed by atoms with Gasteiger partial charge in [0, 0.05) is 41.3 Å². The molecule has 0 spiro atoms. The molecule has 2 fully saturated rings. The Hall–Kier alpha value is -3.26. The smallest absolute Gasteiger partial charge is 0.309 e. The lowest BCUT2D eigenvalue weighted by molar-refractivity contribution is -0.149. The van der Waals surface area contributed by atoms with E-state index in [1.54, 1.807) is 19.2 Å². The molecule has 8 heteroatoms. The molecule has 6 nitrogen and oxygen atoms in total. The van der Waals surface area contributed by atoms with Crippen LogP contribution in [0, 0.1) is 24.0 Å². The Kier molecular flexibility index (Phi) is 5.82. The van der Waals surface area contributed by atoms with E-state index in [0.717, 1.165) is 35.3 Å². The van der Waals surface area contributed by atoms with Crippen LogP contribution in [0.1, 0.15) is 74.1 Å². The summed E-state index contributed by atoms with van der Waals surface area (Å²) in [6.07, 6.45) is 5.65. The third-order valence-electron chi connectivity index (χ3n) is 8.70. The third kappa shape index (κ3) is 3.84. The number of ether oxygens (including phenoxy) is 1. The quantitative estimate of drug-likeness (QED) is 0.321. The van der Waals surface area contributed by atoms with Crippen molar-refractivity contribution in [3.05, 3.63) is 58.9 Å². The zero-order valence-electron chi connectivity index (χ0n) is 21.1. The van der Waals surface area contributed by atoms with Gasteiger partial charge in [-0.2, -0.15) is 5.10 Å². The normalized spacial score (nSPS) is 23.2. The van der Waals surface area contributed by atoms with Crippen LogP contribution < -0.4 is 0 Å². The van der Waals surface area contributed by atoms with Gasteiger partial charge in [0.05, 0.1) is 17.1 Å². The van der Waals surface area contributed by atoms with Crippen molar-refractivity contribution in [3.63, 3.8) is 0 Å². The van der Waals surface area contributed by atoms with E-state index in [2.05, 4.69) is 14.8 Å². The summed E-state index contributed by atoms with van der Waals surface area (Å²) >= 11 is 0. The summed E-state index contributed by atoms with van der Waals surface area (Å²) < 4.78 is 38.4. The van der Waals surface area contributed by atoms with Crippen LogP contribution in [0.25, 0.3) is 27.5 Å². The minimum atomic E-state index is -0.773. The van der Waals surface area contributed by atoms with E-state index < -0.39 is 11.4 Å². The van der Waals surface area contributed by atoms with Crippen molar-refractivity contribution in [1.29, 1.82) is 0 Å². The van der Waals surface area contributed by atoms with Crippen molar-refractivity contribution in [2.75, 3.05) is 13.2 Å². The molecule has 2 aliphatic rings. The minimum absolute atomic E-state index is 0.0189. The fourth-order valence-corrected chi connectivity index (χ4v) is 6.44. The highest BCUT2D eigenvalue weighted by molar-refractivity contribution is 6.00. The number of fused-ring (bicyclic) bond motifs is 2. The molecule has 0 bridgehead atoms. The number of aliphatic carboxylic acids is 1. The number of carbonyl (C=O) groups is 1. The van der Waals surface area contributed by atoms with E-state index in [-0.39, 0.29) is 23.5 Å². The molecular weight excluding hydrogens is 476 g/mol. The molecule has 1 saturated heterocycles. The molecule has 3 heterocycles. The molecule has 0 amide bonds. The van der Waals surface area contributed by atoms with Gasteiger partial charge in [-0.25, -0.2) is 8.78 Å². The van der Waals surface area contributed by atoms with Gasteiger partial charge in [0.15, 0.2) is 5.82 Å². The molecule has 0 radical (unpaired) electrons. The fourth-order valence-electron chi connectivity index (χ4n) is 6.44. The van der Waals surface area contributed by atoms with Gasteiger partial charge in [-0.3, -0.25) is 9.89 Å². The summed E-state index contributed by atoms with van der Waals surface area (Å²) in [5, 5.41) is 17.9. The second-order valence-electron chi connectivity index (χ2n) is 11.0. The topological polar surface area (TPSA) is 80.1 Å². The number of nitrogens with one attached hydrogen (secondary N) is 1. The van der Waals surface area contributed by atoms with Crippen LogP contribution in [0.5, 0.6) is 0 Å². The predicted octanol–water partition coefficient (Wildman–Crippen LogP) is 6.74. The molecule has 2 aromatic carbocycles. The minimum Gasteiger partial charge on any atom is -0.481 e. The molecule has 194 valence electrons. The zero-order valence-corrected chi connectivity index (χ0v) is 21.1. The fraction of sp³-hybridized carbons (Fsp3) is 0.448. The van der Waals surface area contributed by atoms with Gasteiger partial charge in [-0.1, -0.05) is 0 Å². The first-order chi connectivity index (χ1) is 17.8. The maximum atomic E-state index is 16.4. The number of aromatic nitrogens is 3. The molecule has 0 atom stereocenters. The second kappa shape index (κ2) is 8.94. The van der Waals surface area contributed by atoms with Gasteiger partial charge in [-0.05, 0) is 93.7 Å². The molecule has 6 rings (SSSR count). The molecule has 2 aromatic heterocycles. The number of nitrogens with zero attached hydrogens (tertiary/aromatic N) is 2. The number of carboxylic acid groups (broad SMARTS) is 1. The summed E-state index contributed by atoms with van der Waals surface area (Å²) in [4.78, 5) is 11.9. The number of aromatic amines is 1. The number of halogens is 2. The van der Waals surface area contributed by atoms with E-state index in [1.165, 1.54) is 6.07 Å². The van der Waals surface area contributed by atoms with Crippen LogP contribution in [0.4, 0.5) is 8.78 Å². The van der Waals surface area contributed by atoms with Gasteiger partial charge in [0.1, 0.15) is 11.3 Å². The Morgan fingerprint density at radius 3 is 2.54 bits per heavy atom. The Morgan fingerprint density at radius 1 is 1.14 bits per heavy atom. The van der Waals surface area contributed by atoms with Gasteiger partial charge in [0.25, 0.3) is 0 Å². The highest BCUT2D eigenvalue weighted by Gasteiger charge is 2.41. The number of benzene rings is 2. The first-order valence-corrected chi connectivity index (χ1v) is 13.1. The standard InChI is InChI=1S/C29H31F2N3O3/c1-16-13-20(3-4-21(16)30)34-22-14-19-15-32-33-26(19)25(31)24(22)23(27(34)18-7-11-37-12-8-18)17-5-9-29(2,10-6-17)28(35)36/h3-4,13-15,17-18H,5-12H2,1-2H3,(H,32,33)(H,35,36)/t17-,29-. The summed E-state index contributed by atoms with van der Waals surface area (Å²) in [6.45, 7) is 4.80. The zero-order chi connectivity index (χ0) is 25.9. The van der Waals surface area contributed by atoms with Crippen molar-refractivity contribution < 1.29 is 23.4 Å². The number of rotatable bonds is 4. The van der Waals surface area contributed by atoms with Crippen LogP contribution in [-0.4, -0.2) is 39.1 Å². The lowest BCUT2D eigenvalue weighted by Crippen LogP contribution is -2.32. The van der Waals surface area contributed by atoms with Gasteiger partial charge < -0.3 is 14.4 Å². The number of aryl methyl sites for hydroxylation is 1.